The van der Waals surface area contributed by atoms with Crippen LogP contribution < -0.4 is 15.4 Å². The Morgan fingerprint density at radius 3 is 2.60 bits per heavy atom. The topological polar surface area (TPSA) is 38.5 Å². The van der Waals surface area contributed by atoms with Crippen molar-refractivity contribution in [2.45, 2.75) is 13.1 Å². The van der Waals surface area contributed by atoms with Gasteiger partial charge in [0.05, 0.1) is 17.8 Å². The smallest absolute Gasteiger partial charge is 0.123 e. The molecule has 0 radical (unpaired) electrons. The van der Waals surface area contributed by atoms with E-state index in [0.29, 0.717) is 11.6 Å². The third-order valence-corrected chi connectivity index (χ3v) is 3.56. The molecular weight excluding hydrogens is 272 g/mol. The molecule has 106 valence electrons. The van der Waals surface area contributed by atoms with Gasteiger partial charge in [-0.25, -0.2) is 0 Å². The van der Waals surface area contributed by atoms with E-state index in [1.165, 1.54) is 0 Å². The van der Waals surface area contributed by atoms with Gasteiger partial charge in [0, 0.05) is 25.7 Å². The molecule has 2 rings (SSSR count). The van der Waals surface area contributed by atoms with E-state index < -0.39 is 0 Å². The molecule has 0 saturated heterocycles. The van der Waals surface area contributed by atoms with Crippen molar-refractivity contribution in [2.75, 3.05) is 19.1 Å². The number of benzene rings is 2. The Morgan fingerprint density at radius 1 is 1.20 bits per heavy atom. The molecule has 2 N–H and O–H groups in total. The lowest BCUT2D eigenvalue weighted by atomic mass is 10.1. The number of nitrogens with zero attached hydrogens (tertiary/aromatic N) is 1. The summed E-state index contributed by atoms with van der Waals surface area (Å²) in [5.74, 6) is 0.883. The second-order valence-electron chi connectivity index (χ2n) is 4.66. The van der Waals surface area contributed by atoms with Crippen molar-refractivity contribution >= 4 is 17.3 Å². The van der Waals surface area contributed by atoms with E-state index in [-0.39, 0.29) is 0 Å². The summed E-state index contributed by atoms with van der Waals surface area (Å²) in [6.45, 7) is 1.22. The predicted molar refractivity (Wildman–Crippen MR) is 84.4 cm³/mol. The molecule has 0 aliphatic heterocycles. The number of para-hydroxylation sites is 1. The van der Waals surface area contributed by atoms with Crippen LogP contribution in [-0.2, 0) is 13.1 Å². The highest BCUT2D eigenvalue weighted by Crippen LogP contribution is 2.28. The summed E-state index contributed by atoms with van der Waals surface area (Å²) < 4.78 is 5.37. The van der Waals surface area contributed by atoms with Crippen LogP contribution in [0.15, 0.2) is 42.5 Å². The van der Waals surface area contributed by atoms with Crippen LogP contribution in [0.25, 0.3) is 0 Å². The average molecular weight is 291 g/mol. The molecule has 0 aliphatic rings. The maximum Gasteiger partial charge on any atom is 0.123 e. The Kier molecular flexibility index (Phi) is 4.88. The molecule has 0 amide bonds. The first kappa shape index (κ1) is 14.7. The number of rotatable bonds is 5. The third-order valence-electron chi connectivity index (χ3n) is 3.26. The molecule has 0 saturated carbocycles. The van der Waals surface area contributed by atoms with Crippen LogP contribution in [-0.4, -0.2) is 14.2 Å². The number of ether oxygens (including phenoxy) is 1. The average Bonchev–Trinajstić information content (AvgIpc) is 2.47. The molecule has 0 fully saturated rings. The highest BCUT2D eigenvalue weighted by atomic mass is 35.5. The lowest BCUT2D eigenvalue weighted by Gasteiger charge is -2.22. The SMILES string of the molecule is COc1ccccc1CN(C)c1ccc(CN)cc1Cl. The van der Waals surface area contributed by atoms with Crippen LogP contribution in [0.4, 0.5) is 5.69 Å². The molecule has 0 atom stereocenters. The molecule has 0 aliphatic carbocycles. The van der Waals surface area contributed by atoms with Gasteiger partial charge >= 0.3 is 0 Å². The Hall–Kier alpha value is -1.71. The molecule has 2 aromatic rings. The molecule has 2 aromatic carbocycles. The molecule has 4 heteroatoms. The minimum absolute atomic E-state index is 0.496. The number of halogens is 1. The minimum Gasteiger partial charge on any atom is -0.496 e. The van der Waals surface area contributed by atoms with Crippen molar-refractivity contribution in [1.82, 2.24) is 0 Å². The Balaban J connectivity index is 2.21. The van der Waals surface area contributed by atoms with Crippen LogP contribution in [0, 0.1) is 0 Å². The van der Waals surface area contributed by atoms with Crippen molar-refractivity contribution in [3.8, 4) is 5.75 Å². The standard InChI is InChI=1S/C16H19ClN2O/c1-19(11-13-5-3-4-6-16(13)20-2)15-8-7-12(10-18)9-14(15)17/h3-9H,10-11,18H2,1-2H3. The summed E-state index contributed by atoms with van der Waals surface area (Å²) in [7, 11) is 3.69. The quantitative estimate of drug-likeness (QED) is 0.917. The molecule has 3 nitrogen and oxygen atoms in total. The first-order valence-corrected chi connectivity index (χ1v) is 6.85. The molecular formula is C16H19ClN2O. The molecule has 20 heavy (non-hydrogen) atoms. The Labute approximate surface area is 124 Å². The largest absolute Gasteiger partial charge is 0.496 e. The monoisotopic (exact) mass is 290 g/mol. The van der Waals surface area contributed by atoms with E-state index in [2.05, 4.69) is 11.0 Å². The predicted octanol–water partition coefficient (Wildman–Crippen LogP) is 3.44. The van der Waals surface area contributed by atoms with E-state index in [1.54, 1.807) is 7.11 Å². The first-order chi connectivity index (χ1) is 9.65. The zero-order valence-electron chi connectivity index (χ0n) is 11.8. The van der Waals surface area contributed by atoms with Gasteiger partial charge in [0.25, 0.3) is 0 Å². The fourth-order valence-electron chi connectivity index (χ4n) is 2.16. The van der Waals surface area contributed by atoms with Crippen molar-refractivity contribution in [2.24, 2.45) is 5.73 Å². The summed E-state index contributed by atoms with van der Waals surface area (Å²) in [5.41, 5.74) is 8.75. The van der Waals surface area contributed by atoms with Crippen molar-refractivity contribution in [3.63, 3.8) is 0 Å². The van der Waals surface area contributed by atoms with Gasteiger partial charge in [-0.05, 0) is 23.8 Å². The molecule has 0 aromatic heterocycles. The molecule has 0 unspecified atom stereocenters. The van der Waals surface area contributed by atoms with Gasteiger partial charge in [-0.15, -0.1) is 0 Å². The molecule has 0 heterocycles. The van der Waals surface area contributed by atoms with Crippen LogP contribution in [0.5, 0.6) is 5.75 Å². The van der Waals surface area contributed by atoms with Gasteiger partial charge in [-0.3, -0.25) is 0 Å². The summed E-state index contributed by atoms with van der Waals surface area (Å²) in [4.78, 5) is 2.10. The van der Waals surface area contributed by atoms with Gasteiger partial charge in [-0.2, -0.15) is 0 Å². The Morgan fingerprint density at radius 2 is 1.95 bits per heavy atom. The van der Waals surface area contributed by atoms with Crippen LogP contribution in [0.3, 0.4) is 0 Å². The van der Waals surface area contributed by atoms with Gasteiger partial charge in [0.15, 0.2) is 0 Å². The van der Waals surface area contributed by atoms with Crippen molar-refractivity contribution < 1.29 is 4.74 Å². The van der Waals surface area contributed by atoms with Crippen molar-refractivity contribution in [1.29, 1.82) is 0 Å². The van der Waals surface area contributed by atoms with Crippen LogP contribution in [0.2, 0.25) is 5.02 Å². The van der Waals surface area contributed by atoms with Crippen LogP contribution >= 0.6 is 11.6 Å². The zero-order valence-corrected chi connectivity index (χ0v) is 12.5. The number of hydrogen-bond acceptors (Lipinski definition) is 3. The molecule has 0 spiro atoms. The summed E-state index contributed by atoms with van der Waals surface area (Å²) in [6.07, 6.45) is 0. The van der Waals surface area contributed by atoms with Gasteiger partial charge in [0.1, 0.15) is 5.75 Å². The van der Waals surface area contributed by atoms with Crippen molar-refractivity contribution in [3.05, 3.63) is 58.6 Å². The third kappa shape index (κ3) is 3.24. The highest BCUT2D eigenvalue weighted by Gasteiger charge is 2.10. The van der Waals surface area contributed by atoms with E-state index in [0.717, 1.165) is 29.1 Å². The summed E-state index contributed by atoms with van der Waals surface area (Å²) in [5, 5.41) is 0.713. The fraction of sp³-hybridized carbons (Fsp3) is 0.250. The maximum atomic E-state index is 6.31. The highest BCUT2D eigenvalue weighted by molar-refractivity contribution is 6.33. The number of methoxy groups -OCH3 is 1. The zero-order chi connectivity index (χ0) is 14.5. The fourth-order valence-corrected chi connectivity index (χ4v) is 2.51. The van der Waals surface area contributed by atoms with E-state index in [1.807, 2.05) is 43.4 Å². The second kappa shape index (κ2) is 6.64. The molecule has 0 bridgehead atoms. The number of nitrogens with two attached hydrogens (primary N) is 1. The van der Waals surface area contributed by atoms with Gasteiger partial charge < -0.3 is 15.4 Å². The first-order valence-electron chi connectivity index (χ1n) is 6.47. The van der Waals surface area contributed by atoms with E-state index >= 15 is 0 Å². The summed E-state index contributed by atoms with van der Waals surface area (Å²) in [6, 6.07) is 13.9. The minimum atomic E-state index is 0.496. The van der Waals surface area contributed by atoms with Crippen LogP contribution in [0.1, 0.15) is 11.1 Å². The maximum absolute atomic E-state index is 6.31. The van der Waals surface area contributed by atoms with Gasteiger partial charge in [-0.1, -0.05) is 35.9 Å². The second-order valence-corrected chi connectivity index (χ2v) is 5.06. The van der Waals surface area contributed by atoms with E-state index in [4.69, 9.17) is 22.1 Å². The lowest BCUT2D eigenvalue weighted by molar-refractivity contribution is 0.409. The number of anilines is 1. The Bertz CT molecular complexity index is 586. The lowest BCUT2D eigenvalue weighted by Crippen LogP contribution is -2.17. The van der Waals surface area contributed by atoms with E-state index in [9.17, 15) is 0 Å². The normalized spacial score (nSPS) is 10.4. The number of hydrogen-bond donors (Lipinski definition) is 1. The van der Waals surface area contributed by atoms with Gasteiger partial charge in [0.2, 0.25) is 0 Å². The summed E-state index contributed by atoms with van der Waals surface area (Å²) >= 11 is 6.31.